The lowest BCUT2D eigenvalue weighted by Gasteiger charge is -2.25. The quantitative estimate of drug-likeness (QED) is 0.0243. The third kappa shape index (κ3) is 56.0. The van der Waals surface area contributed by atoms with Gasteiger partial charge in [0.05, 0.1) is 39.9 Å². The zero-order chi connectivity index (χ0) is 52.0. The third-order valence-electron chi connectivity index (χ3n) is 13.7. The summed E-state index contributed by atoms with van der Waals surface area (Å²) in [6.45, 7) is 4.82. The topological polar surface area (TPSA) is 105 Å². The van der Waals surface area contributed by atoms with Crippen molar-refractivity contribution in [1.29, 1.82) is 0 Å². The van der Waals surface area contributed by atoms with Crippen molar-refractivity contribution in [3.05, 3.63) is 48.6 Å². The first-order chi connectivity index (χ1) is 34.5. The summed E-state index contributed by atoms with van der Waals surface area (Å²) in [6.07, 6.45) is 70.9. The Labute approximate surface area is 441 Å². The van der Waals surface area contributed by atoms with Crippen molar-refractivity contribution in [3.8, 4) is 0 Å². The molecule has 0 fully saturated rings. The maximum atomic E-state index is 13.0. The molecule has 1 amide bonds. The lowest BCUT2D eigenvalue weighted by Crippen LogP contribution is -2.45. The number of aliphatic hydroxyl groups excluding tert-OH is 1. The van der Waals surface area contributed by atoms with Gasteiger partial charge in [-0.3, -0.25) is 13.8 Å². The minimum absolute atomic E-state index is 0.0529. The number of nitrogens with zero attached hydrogens (tertiary/aromatic N) is 1. The number of quaternary nitrogens is 1. The molecular weight excluding hydrogens is 900 g/mol. The number of amides is 1. The van der Waals surface area contributed by atoms with Crippen LogP contribution in [0.5, 0.6) is 0 Å². The van der Waals surface area contributed by atoms with Crippen LogP contribution in [0.3, 0.4) is 0 Å². The molecule has 0 aromatic carbocycles. The Morgan fingerprint density at radius 2 is 0.775 bits per heavy atom. The van der Waals surface area contributed by atoms with Gasteiger partial charge in [0.25, 0.3) is 0 Å². The van der Waals surface area contributed by atoms with E-state index >= 15 is 0 Å². The maximum Gasteiger partial charge on any atom is 0.472 e. The van der Waals surface area contributed by atoms with Gasteiger partial charge in [-0.1, -0.05) is 262 Å². The van der Waals surface area contributed by atoms with E-state index in [0.29, 0.717) is 17.4 Å². The number of phosphoric ester groups is 1. The SMILES string of the molecule is CCCCCCCCCCCCCC/C=C\CCCCCCCCCCCC(=O)NC(COP(=O)(O)OCC[N+](C)(C)C)C(O)/C=C/CC/C=C/CC/C=C/CCCCCCCCCCCCCCCC. The number of aliphatic hydroxyl groups is 1. The number of unbranched alkanes of at least 4 members (excludes halogenated alkanes) is 37. The second kappa shape index (κ2) is 53.3. The van der Waals surface area contributed by atoms with Crippen LogP contribution in [0.4, 0.5) is 0 Å². The number of nitrogens with one attached hydrogen (secondary N) is 1. The van der Waals surface area contributed by atoms with Gasteiger partial charge in [0.2, 0.25) is 5.91 Å². The van der Waals surface area contributed by atoms with Gasteiger partial charge in [0, 0.05) is 6.42 Å². The summed E-state index contributed by atoms with van der Waals surface area (Å²) < 4.78 is 23.7. The predicted octanol–water partition coefficient (Wildman–Crippen LogP) is 18.7. The van der Waals surface area contributed by atoms with E-state index in [4.69, 9.17) is 9.05 Å². The Morgan fingerprint density at radius 1 is 0.465 bits per heavy atom. The molecule has 0 rings (SSSR count). The number of carbonyl (C=O) groups is 1. The highest BCUT2D eigenvalue weighted by Gasteiger charge is 2.27. The van der Waals surface area contributed by atoms with Crippen molar-refractivity contribution < 1.29 is 32.9 Å². The molecule has 0 aliphatic carbocycles. The highest BCUT2D eigenvalue weighted by molar-refractivity contribution is 7.47. The molecular formula is C62H120N2O6P+. The van der Waals surface area contributed by atoms with E-state index in [9.17, 15) is 19.4 Å². The Morgan fingerprint density at radius 3 is 1.13 bits per heavy atom. The Bertz CT molecular complexity index is 1290. The van der Waals surface area contributed by atoms with E-state index in [1.807, 2.05) is 27.2 Å². The molecule has 0 aromatic rings. The number of phosphoric acid groups is 1. The summed E-state index contributed by atoms with van der Waals surface area (Å²) in [6, 6.07) is -0.872. The minimum Gasteiger partial charge on any atom is -0.387 e. The van der Waals surface area contributed by atoms with Crippen molar-refractivity contribution in [2.24, 2.45) is 0 Å². The molecule has 3 N–H and O–H groups in total. The number of carbonyl (C=O) groups excluding carboxylic acids is 1. The van der Waals surface area contributed by atoms with Gasteiger partial charge in [0.15, 0.2) is 0 Å². The van der Waals surface area contributed by atoms with Gasteiger partial charge in [-0.15, -0.1) is 0 Å². The van der Waals surface area contributed by atoms with Crippen molar-refractivity contribution in [3.63, 3.8) is 0 Å². The maximum absolute atomic E-state index is 13.0. The normalized spacial score (nSPS) is 14.2. The highest BCUT2D eigenvalue weighted by atomic mass is 31.2. The minimum atomic E-state index is -4.36. The van der Waals surface area contributed by atoms with Crippen LogP contribution in [0, 0.1) is 0 Å². The van der Waals surface area contributed by atoms with Crippen LogP contribution in [-0.4, -0.2) is 73.4 Å². The summed E-state index contributed by atoms with van der Waals surface area (Å²) in [5.74, 6) is -0.190. The van der Waals surface area contributed by atoms with Gasteiger partial charge in [-0.25, -0.2) is 4.57 Å². The highest BCUT2D eigenvalue weighted by Crippen LogP contribution is 2.43. The van der Waals surface area contributed by atoms with Gasteiger partial charge in [0.1, 0.15) is 13.2 Å². The molecule has 8 nitrogen and oxygen atoms in total. The van der Waals surface area contributed by atoms with Crippen LogP contribution in [0.1, 0.15) is 290 Å². The summed E-state index contributed by atoms with van der Waals surface area (Å²) >= 11 is 0. The van der Waals surface area contributed by atoms with Crippen molar-refractivity contribution in [2.45, 2.75) is 302 Å². The fourth-order valence-electron chi connectivity index (χ4n) is 8.95. The molecule has 3 atom stereocenters. The Balaban J connectivity index is 4.24. The lowest BCUT2D eigenvalue weighted by atomic mass is 10.0. The molecule has 71 heavy (non-hydrogen) atoms. The average Bonchev–Trinajstić information content (AvgIpc) is 3.33. The standard InChI is InChI=1S/C62H119N2O6P/c1-6-8-10-12-14-16-18-20-22-24-26-28-30-32-34-36-38-40-42-44-46-48-50-52-54-56-62(66)63-60(59-70-71(67,68)69-58-57-64(3,4)5)61(65)55-53-51-49-47-45-43-41-39-37-35-33-31-29-27-25-23-21-19-17-15-13-11-9-7-2/h32,34,37,39,45,47,53,55,60-61,65H,6-31,33,35-36,38,40-44,46,48-52,54,56-59H2,1-5H3,(H-,63,66,67,68)/p+1/b34-32-,39-37+,47-45+,55-53+. The number of rotatable bonds is 56. The van der Waals surface area contributed by atoms with Crippen LogP contribution in [0.15, 0.2) is 48.6 Å². The van der Waals surface area contributed by atoms with E-state index in [2.05, 4.69) is 55.6 Å². The second-order valence-corrected chi connectivity index (χ2v) is 23.5. The van der Waals surface area contributed by atoms with Crippen LogP contribution < -0.4 is 5.32 Å². The number of hydrogen-bond donors (Lipinski definition) is 3. The molecule has 0 aliphatic heterocycles. The third-order valence-corrected chi connectivity index (χ3v) is 14.7. The predicted molar refractivity (Wildman–Crippen MR) is 309 cm³/mol. The van der Waals surface area contributed by atoms with E-state index < -0.39 is 20.0 Å². The van der Waals surface area contributed by atoms with Gasteiger partial charge >= 0.3 is 7.82 Å². The molecule has 0 saturated heterocycles. The second-order valence-electron chi connectivity index (χ2n) is 22.1. The van der Waals surface area contributed by atoms with E-state index in [1.165, 1.54) is 225 Å². The van der Waals surface area contributed by atoms with Crippen LogP contribution >= 0.6 is 7.82 Å². The molecule has 0 spiro atoms. The van der Waals surface area contributed by atoms with Crippen molar-refractivity contribution >= 4 is 13.7 Å². The largest absolute Gasteiger partial charge is 0.472 e. The van der Waals surface area contributed by atoms with E-state index in [-0.39, 0.29) is 19.1 Å². The molecule has 0 radical (unpaired) electrons. The zero-order valence-corrected chi connectivity index (χ0v) is 48.6. The molecule has 0 heterocycles. The first-order valence-corrected chi connectivity index (χ1v) is 32.0. The zero-order valence-electron chi connectivity index (χ0n) is 47.7. The Kier molecular flexibility index (Phi) is 52.1. The van der Waals surface area contributed by atoms with Crippen molar-refractivity contribution in [2.75, 3.05) is 40.9 Å². The summed E-state index contributed by atoms with van der Waals surface area (Å²) in [7, 11) is 1.55. The monoisotopic (exact) mass is 1020 g/mol. The Hall–Kier alpha value is -1.54. The number of hydrogen-bond acceptors (Lipinski definition) is 5. The molecule has 0 aromatic heterocycles. The molecule has 0 bridgehead atoms. The van der Waals surface area contributed by atoms with Crippen LogP contribution in [0.2, 0.25) is 0 Å². The number of allylic oxidation sites excluding steroid dienone is 7. The van der Waals surface area contributed by atoms with Crippen LogP contribution in [0.25, 0.3) is 0 Å². The first-order valence-electron chi connectivity index (χ1n) is 30.5. The first kappa shape index (κ1) is 69.5. The summed E-state index contributed by atoms with van der Waals surface area (Å²) in [5.41, 5.74) is 0. The molecule has 0 aliphatic rings. The molecule has 3 unspecified atom stereocenters. The van der Waals surface area contributed by atoms with Crippen LogP contribution in [-0.2, 0) is 18.4 Å². The van der Waals surface area contributed by atoms with Crippen molar-refractivity contribution in [1.82, 2.24) is 5.32 Å². The number of likely N-dealkylation sites (N-methyl/N-ethyl adjacent to an activating group) is 1. The molecule has 418 valence electrons. The lowest BCUT2D eigenvalue weighted by molar-refractivity contribution is -0.870. The fraction of sp³-hybridized carbons (Fsp3) is 0.855. The smallest absolute Gasteiger partial charge is 0.387 e. The van der Waals surface area contributed by atoms with E-state index in [1.54, 1.807) is 6.08 Å². The molecule has 9 heteroatoms. The fourth-order valence-corrected chi connectivity index (χ4v) is 9.69. The van der Waals surface area contributed by atoms with Gasteiger partial charge in [-0.2, -0.15) is 0 Å². The van der Waals surface area contributed by atoms with Gasteiger partial charge in [-0.05, 0) is 70.6 Å². The van der Waals surface area contributed by atoms with E-state index in [0.717, 1.165) is 44.9 Å². The summed E-state index contributed by atoms with van der Waals surface area (Å²) in [5, 5.41) is 13.9. The molecule has 0 saturated carbocycles. The summed E-state index contributed by atoms with van der Waals surface area (Å²) in [4.78, 5) is 23.3. The van der Waals surface area contributed by atoms with Gasteiger partial charge < -0.3 is 19.8 Å². The average molecular weight is 1020 g/mol.